The first-order valence-electron chi connectivity index (χ1n) is 5.58. The Morgan fingerprint density at radius 3 is 2.61 bits per heavy atom. The summed E-state index contributed by atoms with van der Waals surface area (Å²) in [4.78, 5) is 12.8. The van der Waals surface area contributed by atoms with Crippen molar-refractivity contribution in [2.45, 2.75) is 12.7 Å². The van der Waals surface area contributed by atoms with Crippen LogP contribution in [0.15, 0.2) is 47.8 Å². The van der Waals surface area contributed by atoms with Gasteiger partial charge in [-0.2, -0.15) is 0 Å². The molecule has 4 heteroatoms. The average Bonchev–Trinajstić information content (AvgIpc) is 2.93. The first-order chi connectivity index (χ1) is 8.81. The van der Waals surface area contributed by atoms with Crippen LogP contribution in [0.5, 0.6) is 0 Å². The maximum absolute atomic E-state index is 11.7. The number of benzene rings is 1. The van der Waals surface area contributed by atoms with Crippen LogP contribution in [0.2, 0.25) is 0 Å². The first-order valence-corrected chi connectivity index (χ1v) is 6.46. The van der Waals surface area contributed by atoms with Gasteiger partial charge in [0.05, 0.1) is 13.7 Å². The monoisotopic (exact) mass is 262 g/mol. The van der Waals surface area contributed by atoms with Crippen molar-refractivity contribution in [1.29, 1.82) is 0 Å². The van der Waals surface area contributed by atoms with Gasteiger partial charge in [0.1, 0.15) is 0 Å². The molecule has 1 unspecified atom stereocenters. The Hall–Kier alpha value is -1.65. The number of ether oxygens (including phenoxy) is 2. The van der Waals surface area contributed by atoms with Gasteiger partial charge in [0.15, 0.2) is 6.10 Å². The molecular weight excluding hydrogens is 248 g/mol. The summed E-state index contributed by atoms with van der Waals surface area (Å²) in [6.45, 7) is 0.409. The van der Waals surface area contributed by atoms with Crippen molar-refractivity contribution in [2.75, 3.05) is 7.11 Å². The number of methoxy groups -OCH3 is 1. The van der Waals surface area contributed by atoms with Crippen LogP contribution in [0.25, 0.3) is 0 Å². The van der Waals surface area contributed by atoms with Gasteiger partial charge in [-0.1, -0.05) is 36.4 Å². The zero-order valence-corrected chi connectivity index (χ0v) is 10.9. The Kier molecular flexibility index (Phi) is 4.50. The molecule has 0 saturated heterocycles. The summed E-state index contributed by atoms with van der Waals surface area (Å²) in [6.07, 6.45) is -0.668. The number of hydrogen-bond acceptors (Lipinski definition) is 4. The molecule has 0 aliphatic carbocycles. The van der Waals surface area contributed by atoms with Crippen LogP contribution in [0.3, 0.4) is 0 Å². The molecule has 1 atom stereocenters. The Morgan fingerprint density at radius 2 is 2.00 bits per heavy atom. The molecule has 94 valence electrons. The molecule has 2 rings (SSSR count). The molecule has 0 spiro atoms. The molecule has 1 aromatic carbocycles. The molecule has 0 N–H and O–H groups in total. The molecule has 0 radical (unpaired) electrons. The van der Waals surface area contributed by atoms with E-state index in [9.17, 15) is 4.79 Å². The zero-order chi connectivity index (χ0) is 12.8. The van der Waals surface area contributed by atoms with Crippen LogP contribution < -0.4 is 0 Å². The lowest BCUT2D eigenvalue weighted by molar-refractivity contribution is -0.155. The molecule has 1 heterocycles. The van der Waals surface area contributed by atoms with Crippen LogP contribution in [0.4, 0.5) is 0 Å². The van der Waals surface area contributed by atoms with Gasteiger partial charge < -0.3 is 9.47 Å². The van der Waals surface area contributed by atoms with Crippen LogP contribution in [0, 0.1) is 0 Å². The van der Waals surface area contributed by atoms with Gasteiger partial charge in [-0.15, -0.1) is 11.3 Å². The lowest BCUT2D eigenvalue weighted by atomic mass is 10.1. The third-order valence-corrected chi connectivity index (χ3v) is 3.34. The number of thiophene rings is 1. The largest absolute Gasteiger partial charge is 0.467 e. The van der Waals surface area contributed by atoms with Crippen LogP contribution in [0.1, 0.15) is 16.5 Å². The highest BCUT2D eigenvalue weighted by molar-refractivity contribution is 7.09. The van der Waals surface area contributed by atoms with Gasteiger partial charge in [0, 0.05) is 4.88 Å². The summed E-state index contributed by atoms with van der Waals surface area (Å²) in [5.41, 5.74) is 0.806. The molecule has 0 saturated carbocycles. The molecule has 0 aliphatic heterocycles. The standard InChI is InChI=1S/C14H14O3S/c1-16-14(15)13(11-6-3-2-4-7-11)17-10-12-8-5-9-18-12/h2-9,13H,10H2,1H3. The van der Waals surface area contributed by atoms with Crippen molar-refractivity contribution in [3.63, 3.8) is 0 Å². The van der Waals surface area contributed by atoms with Crippen molar-refractivity contribution in [1.82, 2.24) is 0 Å². The number of carbonyl (C=O) groups excluding carboxylic acids is 1. The maximum atomic E-state index is 11.7. The third kappa shape index (κ3) is 3.18. The Labute approximate surface area is 110 Å². The Morgan fingerprint density at radius 1 is 1.22 bits per heavy atom. The van der Waals surface area contributed by atoms with Crippen molar-refractivity contribution in [2.24, 2.45) is 0 Å². The van der Waals surface area contributed by atoms with Gasteiger partial charge in [-0.25, -0.2) is 4.79 Å². The van der Waals surface area contributed by atoms with Gasteiger partial charge in [-0.05, 0) is 17.0 Å². The van der Waals surface area contributed by atoms with Crippen molar-refractivity contribution in [3.05, 3.63) is 58.3 Å². The van der Waals surface area contributed by atoms with Gasteiger partial charge in [0.25, 0.3) is 0 Å². The molecule has 0 amide bonds. The fraction of sp³-hybridized carbons (Fsp3) is 0.214. The summed E-state index contributed by atoms with van der Waals surface area (Å²) < 4.78 is 10.4. The lowest BCUT2D eigenvalue weighted by Crippen LogP contribution is -2.17. The van der Waals surface area contributed by atoms with Crippen LogP contribution in [-0.2, 0) is 20.9 Å². The summed E-state index contributed by atoms with van der Waals surface area (Å²) in [6, 6.07) is 13.3. The fourth-order valence-electron chi connectivity index (χ4n) is 1.60. The topological polar surface area (TPSA) is 35.5 Å². The second-order valence-corrected chi connectivity index (χ2v) is 4.74. The number of carbonyl (C=O) groups is 1. The summed E-state index contributed by atoms with van der Waals surface area (Å²) in [5, 5.41) is 1.98. The van der Waals surface area contributed by atoms with E-state index in [4.69, 9.17) is 9.47 Å². The van der Waals surface area contributed by atoms with E-state index in [1.54, 1.807) is 11.3 Å². The quantitative estimate of drug-likeness (QED) is 0.776. The lowest BCUT2D eigenvalue weighted by Gasteiger charge is -2.15. The SMILES string of the molecule is COC(=O)C(OCc1cccs1)c1ccccc1. The average molecular weight is 262 g/mol. The molecule has 0 bridgehead atoms. The van der Waals surface area contributed by atoms with E-state index in [2.05, 4.69) is 0 Å². The molecule has 3 nitrogen and oxygen atoms in total. The Balaban J connectivity index is 2.09. The molecule has 0 aliphatic rings. The normalized spacial score (nSPS) is 12.1. The fourth-order valence-corrected chi connectivity index (χ4v) is 2.22. The molecule has 2 aromatic rings. The summed E-state index contributed by atoms with van der Waals surface area (Å²) in [5.74, 6) is -0.377. The van der Waals surface area contributed by atoms with Gasteiger partial charge in [0.2, 0.25) is 0 Å². The second kappa shape index (κ2) is 6.33. The predicted octanol–water partition coefficient (Wildman–Crippen LogP) is 3.18. The minimum absolute atomic E-state index is 0.377. The summed E-state index contributed by atoms with van der Waals surface area (Å²) in [7, 11) is 1.37. The number of rotatable bonds is 5. The number of esters is 1. The van der Waals surface area contributed by atoms with Crippen LogP contribution >= 0.6 is 11.3 Å². The van der Waals surface area contributed by atoms with Crippen molar-refractivity contribution < 1.29 is 14.3 Å². The third-order valence-electron chi connectivity index (χ3n) is 2.49. The second-order valence-electron chi connectivity index (χ2n) is 3.70. The highest BCUT2D eigenvalue weighted by Crippen LogP contribution is 2.21. The minimum atomic E-state index is -0.668. The molecule has 18 heavy (non-hydrogen) atoms. The van der Waals surface area contributed by atoms with E-state index >= 15 is 0 Å². The van der Waals surface area contributed by atoms with Crippen molar-refractivity contribution >= 4 is 17.3 Å². The predicted molar refractivity (Wildman–Crippen MR) is 70.3 cm³/mol. The van der Waals surface area contributed by atoms with E-state index < -0.39 is 6.10 Å². The van der Waals surface area contributed by atoms with E-state index in [0.29, 0.717) is 6.61 Å². The molecular formula is C14H14O3S. The molecule has 0 fully saturated rings. The first kappa shape index (κ1) is 12.8. The van der Waals surface area contributed by atoms with E-state index in [1.807, 2.05) is 47.8 Å². The van der Waals surface area contributed by atoms with E-state index in [-0.39, 0.29) is 5.97 Å². The van der Waals surface area contributed by atoms with E-state index in [0.717, 1.165) is 10.4 Å². The summed E-state index contributed by atoms with van der Waals surface area (Å²) >= 11 is 1.60. The van der Waals surface area contributed by atoms with Gasteiger partial charge in [-0.3, -0.25) is 0 Å². The maximum Gasteiger partial charge on any atom is 0.339 e. The van der Waals surface area contributed by atoms with Gasteiger partial charge >= 0.3 is 5.97 Å². The highest BCUT2D eigenvalue weighted by atomic mass is 32.1. The number of hydrogen-bond donors (Lipinski definition) is 0. The van der Waals surface area contributed by atoms with E-state index in [1.165, 1.54) is 7.11 Å². The van der Waals surface area contributed by atoms with Crippen molar-refractivity contribution in [3.8, 4) is 0 Å². The van der Waals surface area contributed by atoms with Crippen LogP contribution in [-0.4, -0.2) is 13.1 Å². The minimum Gasteiger partial charge on any atom is -0.467 e. The zero-order valence-electron chi connectivity index (χ0n) is 10.0. The highest BCUT2D eigenvalue weighted by Gasteiger charge is 2.22. The Bertz CT molecular complexity index is 479. The smallest absolute Gasteiger partial charge is 0.339 e. The molecule has 1 aromatic heterocycles.